The molecule has 3 heterocycles. The lowest BCUT2D eigenvalue weighted by atomic mass is 9.80. The van der Waals surface area contributed by atoms with Crippen LogP contribution in [0.2, 0.25) is 0 Å². The van der Waals surface area contributed by atoms with Gasteiger partial charge in [-0.15, -0.1) is 0 Å². The first-order chi connectivity index (χ1) is 27.0. The lowest BCUT2D eigenvalue weighted by Gasteiger charge is -2.34. The standard InChI is InChI=1S/C51H84N4O2/c1-15-21-25-38(26-22-16-2)40-31-42-35-54-37-50(13,14)55-36-43-32-41(39(27-23-29-52(17-3)18-4)28-24-30-53(19-5)20-6)34-45(49(10,11)12)47(43)57-51(54,55)56-46(42)44(33-40)48(7,8)9/h31-36,38-39H,15-30,37H2,1-14H3/q+2. The molecule has 6 heteroatoms. The minimum absolute atomic E-state index is 0.0981. The Balaban J connectivity index is 1.61. The van der Waals surface area contributed by atoms with E-state index < -0.39 is 6.03 Å². The fourth-order valence-electron chi connectivity index (χ4n) is 9.72. The van der Waals surface area contributed by atoms with Crippen molar-refractivity contribution in [1.29, 1.82) is 0 Å². The second-order valence-electron chi connectivity index (χ2n) is 20.3. The number of benzene rings is 2. The summed E-state index contributed by atoms with van der Waals surface area (Å²) in [7, 11) is 0. The highest BCUT2D eigenvalue weighted by molar-refractivity contribution is 5.85. The molecule has 0 N–H and O–H groups in total. The van der Waals surface area contributed by atoms with E-state index in [1.165, 1.54) is 97.6 Å². The van der Waals surface area contributed by atoms with E-state index in [0.717, 1.165) is 57.3 Å². The van der Waals surface area contributed by atoms with E-state index in [9.17, 15) is 0 Å². The number of fused-ring (bicyclic) bond motifs is 2. The van der Waals surface area contributed by atoms with Gasteiger partial charge in [-0.1, -0.05) is 130 Å². The van der Waals surface area contributed by atoms with Crippen molar-refractivity contribution in [2.24, 2.45) is 0 Å². The molecule has 3 aliphatic heterocycles. The van der Waals surface area contributed by atoms with E-state index in [1.807, 2.05) is 0 Å². The minimum Gasteiger partial charge on any atom is -0.340 e. The Morgan fingerprint density at radius 2 is 1.00 bits per heavy atom. The predicted octanol–water partition coefficient (Wildman–Crippen LogP) is 11.8. The Kier molecular flexibility index (Phi) is 14.9. The Labute approximate surface area is 350 Å². The number of ether oxygens (including phenoxy) is 2. The van der Waals surface area contributed by atoms with Crippen LogP contribution in [0.15, 0.2) is 24.3 Å². The molecule has 6 nitrogen and oxygen atoms in total. The molecule has 1 fully saturated rings. The van der Waals surface area contributed by atoms with Crippen molar-refractivity contribution >= 4 is 12.4 Å². The molecular weight excluding hydrogens is 701 g/mol. The molecule has 3 aliphatic rings. The molecule has 1 spiro atoms. The highest BCUT2D eigenvalue weighted by Crippen LogP contribution is 2.49. The van der Waals surface area contributed by atoms with Crippen LogP contribution in [-0.2, 0) is 10.8 Å². The van der Waals surface area contributed by atoms with E-state index in [4.69, 9.17) is 9.47 Å². The molecule has 1 unspecified atom stereocenters. The third-order valence-corrected chi connectivity index (χ3v) is 13.4. The van der Waals surface area contributed by atoms with E-state index in [0.29, 0.717) is 11.8 Å². The third kappa shape index (κ3) is 10.0. The van der Waals surface area contributed by atoms with Crippen molar-refractivity contribution in [2.45, 2.75) is 195 Å². The lowest BCUT2D eigenvalue weighted by molar-refractivity contribution is -0.867. The van der Waals surface area contributed by atoms with Crippen LogP contribution in [0.3, 0.4) is 0 Å². The lowest BCUT2D eigenvalue weighted by Crippen LogP contribution is -2.61. The van der Waals surface area contributed by atoms with Crippen LogP contribution < -0.4 is 9.47 Å². The fraction of sp³-hybridized carbons (Fsp3) is 0.725. The molecule has 1 atom stereocenters. The van der Waals surface area contributed by atoms with Gasteiger partial charge in [0.1, 0.15) is 0 Å². The monoisotopic (exact) mass is 785 g/mol. The molecular formula is C51H84N4O2+2. The van der Waals surface area contributed by atoms with E-state index in [1.54, 1.807) is 0 Å². The summed E-state index contributed by atoms with van der Waals surface area (Å²) in [6.07, 6.45) is 17.1. The molecule has 0 amide bonds. The van der Waals surface area contributed by atoms with Crippen LogP contribution in [0.5, 0.6) is 11.5 Å². The summed E-state index contributed by atoms with van der Waals surface area (Å²) in [5.41, 5.74) is 7.43. The van der Waals surface area contributed by atoms with E-state index >= 15 is 0 Å². The Morgan fingerprint density at radius 1 is 0.596 bits per heavy atom. The van der Waals surface area contributed by atoms with Gasteiger partial charge in [-0.2, -0.15) is 0 Å². The average molecular weight is 785 g/mol. The topological polar surface area (TPSA) is 31.0 Å². The first-order valence-corrected chi connectivity index (χ1v) is 23.4. The van der Waals surface area contributed by atoms with Gasteiger partial charge in [0.2, 0.25) is 12.1 Å². The summed E-state index contributed by atoms with van der Waals surface area (Å²) in [5.74, 6) is 3.02. The van der Waals surface area contributed by atoms with Crippen molar-refractivity contribution < 1.29 is 18.6 Å². The first kappa shape index (κ1) is 45.4. The van der Waals surface area contributed by atoms with Crippen LogP contribution in [0, 0.1) is 0 Å². The van der Waals surface area contributed by atoms with E-state index in [-0.39, 0.29) is 16.4 Å². The summed E-state index contributed by atoms with van der Waals surface area (Å²) >= 11 is 0. The molecule has 2 aromatic rings. The molecule has 1 saturated heterocycles. The molecule has 0 radical (unpaired) electrons. The highest BCUT2D eigenvalue weighted by atomic mass is 16.7. The maximum absolute atomic E-state index is 7.52. The van der Waals surface area contributed by atoms with Gasteiger partial charge < -0.3 is 19.3 Å². The van der Waals surface area contributed by atoms with Crippen LogP contribution in [0.25, 0.3) is 0 Å². The van der Waals surface area contributed by atoms with Gasteiger partial charge in [-0.05, 0) is 124 Å². The first-order valence-electron chi connectivity index (χ1n) is 23.4. The van der Waals surface area contributed by atoms with Gasteiger partial charge in [0.25, 0.3) is 0 Å². The largest absolute Gasteiger partial charge is 0.704 e. The molecule has 318 valence electrons. The summed E-state index contributed by atoms with van der Waals surface area (Å²) in [4.78, 5) is 5.15. The smallest absolute Gasteiger partial charge is 0.340 e. The zero-order valence-electron chi connectivity index (χ0n) is 39.2. The SMILES string of the molecule is CCCCC(CCCC)c1cc2c(c(C(C)(C)C)c1)OC13Oc4c(cc(C(CCCN(CC)CC)CCCN(CC)CC)cc4C(C)(C)C)C=[N+]1C(C)(C)C[N+]3=C2. The maximum Gasteiger partial charge on any atom is 0.704 e. The zero-order valence-corrected chi connectivity index (χ0v) is 39.2. The summed E-state index contributed by atoms with van der Waals surface area (Å²) in [6, 6.07) is 8.85. The molecule has 0 aliphatic carbocycles. The fourth-order valence-corrected chi connectivity index (χ4v) is 9.72. The van der Waals surface area contributed by atoms with Crippen molar-refractivity contribution in [3.8, 4) is 11.5 Å². The number of unbranched alkanes of at least 4 members (excludes halogenated alkanes) is 2. The molecule has 0 bridgehead atoms. The van der Waals surface area contributed by atoms with Crippen LogP contribution >= 0.6 is 0 Å². The molecule has 2 aromatic carbocycles. The van der Waals surface area contributed by atoms with Gasteiger partial charge in [0.05, 0.1) is 11.1 Å². The van der Waals surface area contributed by atoms with E-state index in [2.05, 4.69) is 153 Å². The zero-order chi connectivity index (χ0) is 41.8. The second-order valence-corrected chi connectivity index (χ2v) is 20.3. The predicted molar refractivity (Wildman–Crippen MR) is 243 cm³/mol. The Hall–Kier alpha value is -2.70. The third-order valence-electron chi connectivity index (χ3n) is 13.4. The number of rotatable bonds is 20. The minimum atomic E-state index is -1.09. The maximum atomic E-state index is 7.52. The van der Waals surface area contributed by atoms with Gasteiger partial charge in [-0.3, -0.25) is 0 Å². The number of hydrogen-bond acceptors (Lipinski definition) is 4. The van der Waals surface area contributed by atoms with Crippen molar-refractivity contribution in [1.82, 2.24) is 9.80 Å². The highest BCUT2D eigenvalue weighted by Gasteiger charge is 2.75. The summed E-state index contributed by atoms with van der Waals surface area (Å²) in [6.45, 7) is 40.2. The van der Waals surface area contributed by atoms with Gasteiger partial charge in [0, 0.05) is 25.0 Å². The number of hydrogen-bond donors (Lipinski definition) is 0. The summed E-state index contributed by atoms with van der Waals surface area (Å²) in [5, 5.41) is 0. The van der Waals surface area contributed by atoms with Gasteiger partial charge in [0.15, 0.2) is 23.9 Å². The van der Waals surface area contributed by atoms with Crippen molar-refractivity contribution in [2.75, 3.05) is 45.8 Å². The van der Waals surface area contributed by atoms with Gasteiger partial charge >= 0.3 is 6.03 Å². The molecule has 5 rings (SSSR count). The van der Waals surface area contributed by atoms with Crippen LogP contribution in [0.1, 0.15) is 206 Å². The average Bonchev–Trinajstić information content (AvgIpc) is 3.38. The number of nitrogens with zero attached hydrogens (tertiary/aromatic N) is 4. The normalized spacial score (nSPS) is 18.6. The Bertz CT molecular complexity index is 1690. The Morgan fingerprint density at radius 3 is 1.39 bits per heavy atom. The van der Waals surface area contributed by atoms with Gasteiger partial charge in [-0.25, -0.2) is 0 Å². The summed E-state index contributed by atoms with van der Waals surface area (Å²) < 4.78 is 19.8. The van der Waals surface area contributed by atoms with Crippen LogP contribution in [-0.4, -0.2) is 88.8 Å². The molecule has 0 saturated carbocycles. The van der Waals surface area contributed by atoms with Crippen LogP contribution in [0.4, 0.5) is 0 Å². The van der Waals surface area contributed by atoms with Crippen molar-refractivity contribution in [3.05, 3.63) is 57.6 Å². The quantitative estimate of drug-likeness (QED) is 0.125. The van der Waals surface area contributed by atoms with Crippen molar-refractivity contribution in [3.63, 3.8) is 0 Å². The molecule has 0 aromatic heterocycles. The molecule has 57 heavy (non-hydrogen) atoms. The second kappa shape index (κ2) is 18.7.